The summed E-state index contributed by atoms with van der Waals surface area (Å²) in [7, 11) is 1.49. The summed E-state index contributed by atoms with van der Waals surface area (Å²) in [6, 6.07) is 15.4. The van der Waals surface area contributed by atoms with E-state index < -0.39 is 11.8 Å². The van der Waals surface area contributed by atoms with Gasteiger partial charge in [-0.05, 0) is 29.7 Å². The van der Waals surface area contributed by atoms with Crippen LogP contribution in [0.5, 0.6) is 0 Å². The lowest BCUT2D eigenvalue weighted by Gasteiger charge is -2.17. The average Bonchev–Trinajstić information content (AvgIpc) is 2.63. The zero-order valence-corrected chi connectivity index (χ0v) is 14.7. The smallest absolute Gasteiger partial charge is 0.270 e. The molecule has 0 saturated heterocycles. The first-order valence-corrected chi connectivity index (χ1v) is 8.25. The van der Waals surface area contributed by atoms with Crippen LogP contribution in [0.3, 0.4) is 0 Å². The summed E-state index contributed by atoms with van der Waals surface area (Å²) in [4.78, 5) is 40.6. The molecule has 0 fully saturated rings. The largest absolute Gasteiger partial charge is 0.331 e. The van der Waals surface area contributed by atoms with E-state index in [9.17, 15) is 14.4 Å². The number of pyridine rings is 1. The van der Waals surface area contributed by atoms with Gasteiger partial charge in [-0.2, -0.15) is 0 Å². The molecule has 2 amide bonds. The molecule has 7 heteroatoms. The Hall–Kier alpha value is -3.12. The molecule has 0 spiro atoms. The van der Waals surface area contributed by atoms with Crippen LogP contribution in [0.4, 0.5) is 5.69 Å². The van der Waals surface area contributed by atoms with E-state index in [2.05, 4.69) is 10.3 Å². The van der Waals surface area contributed by atoms with E-state index in [1.165, 1.54) is 11.9 Å². The van der Waals surface area contributed by atoms with Gasteiger partial charge >= 0.3 is 0 Å². The van der Waals surface area contributed by atoms with Crippen LogP contribution in [0, 0.1) is 0 Å². The molecule has 3 aromatic rings. The molecule has 132 valence electrons. The van der Waals surface area contributed by atoms with Gasteiger partial charge in [-0.3, -0.25) is 14.4 Å². The molecule has 6 nitrogen and oxygen atoms in total. The Morgan fingerprint density at radius 1 is 1.12 bits per heavy atom. The number of rotatable bonds is 4. The van der Waals surface area contributed by atoms with Crippen LogP contribution in [0.2, 0.25) is 5.02 Å². The van der Waals surface area contributed by atoms with Gasteiger partial charge < -0.3 is 15.2 Å². The maximum atomic E-state index is 12.5. The van der Waals surface area contributed by atoms with E-state index in [0.29, 0.717) is 21.5 Å². The van der Waals surface area contributed by atoms with E-state index in [1.54, 1.807) is 54.6 Å². The van der Waals surface area contributed by atoms with Crippen molar-refractivity contribution in [2.24, 2.45) is 0 Å². The summed E-state index contributed by atoms with van der Waals surface area (Å²) in [5, 5.41) is 4.23. The Labute approximate surface area is 154 Å². The molecule has 0 radical (unpaired) electrons. The van der Waals surface area contributed by atoms with E-state index >= 15 is 0 Å². The number of carbonyl (C=O) groups is 2. The summed E-state index contributed by atoms with van der Waals surface area (Å²) in [5.41, 5.74) is 0.251. The molecule has 0 saturated carbocycles. The van der Waals surface area contributed by atoms with E-state index in [1.807, 2.05) is 0 Å². The number of anilines is 1. The van der Waals surface area contributed by atoms with E-state index in [0.717, 1.165) is 0 Å². The zero-order chi connectivity index (χ0) is 18.7. The number of aromatic amines is 1. The summed E-state index contributed by atoms with van der Waals surface area (Å²) in [5.74, 6) is -0.848. The first kappa shape index (κ1) is 17.7. The number of hydrogen-bond donors (Lipinski definition) is 2. The van der Waals surface area contributed by atoms with Gasteiger partial charge in [0.05, 0.1) is 17.3 Å². The highest BCUT2D eigenvalue weighted by Gasteiger charge is 2.17. The van der Waals surface area contributed by atoms with Gasteiger partial charge in [0.1, 0.15) is 5.69 Å². The molecule has 0 aliphatic heterocycles. The quantitative estimate of drug-likeness (QED) is 0.741. The molecule has 0 atom stereocenters. The van der Waals surface area contributed by atoms with Crippen molar-refractivity contribution >= 4 is 39.9 Å². The van der Waals surface area contributed by atoms with Crippen molar-refractivity contribution in [3.05, 3.63) is 75.7 Å². The van der Waals surface area contributed by atoms with Crippen LogP contribution in [-0.2, 0) is 4.79 Å². The van der Waals surface area contributed by atoms with Gasteiger partial charge in [0, 0.05) is 12.4 Å². The average molecular weight is 370 g/mol. The van der Waals surface area contributed by atoms with E-state index in [4.69, 9.17) is 11.6 Å². The first-order chi connectivity index (χ1) is 12.5. The van der Waals surface area contributed by atoms with Gasteiger partial charge in [0.25, 0.3) is 11.5 Å². The number of aromatic nitrogens is 1. The lowest BCUT2D eigenvalue weighted by Crippen LogP contribution is -2.36. The Bertz CT molecular complexity index is 1050. The minimum Gasteiger partial charge on any atom is -0.331 e. The number of halogens is 1. The molecule has 0 unspecified atom stereocenters. The fourth-order valence-corrected chi connectivity index (χ4v) is 2.75. The molecule has 0 bridgehead atoms. The predicted octanol–water partition coefficient (Wildman–Crippen LogP) is 2.89. The number of H-pyrrole nitrogens is 1. The second-order valence-electron chi connectivity index (χ2n) is 5.79. The molecule has 1 aromatic heterocycles. The minimum absolute atomic E-state index is 0.127. The highest BCUT2D eigenvalue weighted by molar-refractivity contribution is 6.33. The van der Waals surface area contributed by atoms with Crippen molar-refractivity contribution in [1.29, 1.82) is 0 Å². The summed E-state index contributed by atoms with van der Waals surface area (Å²) >= 11 is 6.00. The molecule has 2 aromatic carbocycles. The molecule has 0 aliphatic rings. The van der Waals surface area contributed by atoms with Crippen molar-refractivity contribution in [3.8, 4) is 0 Å². The van der Waals surface area contributed by atoms with Gasteiger partial charge in [0.2, 0.25) is 5.91 Å². The normalized spacial score (nSPS) is 10.5. The minimum atomic E-state index is -0.456. The van der Waals surface area contributed by atoms with Gasteiger partial charge in [-0.1, -0.05) is 41.9 Å². The third-order valence-electron chi connectivity index (χ3n) is 3.86. The second-order valence-corrected chi connectivity index (χ2v) is 6.20. The number of benzene rings is 2. The molecule has 1 heterocycles. The highest BCUT2D eigenvalue weighted by atomic mass is 35.5. The number of likely N-dealkylation sites (N-methyl/N-ethyl adjacent to an activating group) is 1. The maximum Gasteiger partial charge on any atom is 0.270 e. The number of carbonyl (C=O) groups excluding carboxylic acids is 2. The Kier molecular flexibility index (Phi) is 5.04. The molecule has 26 heavy (non-hydrogen) atoms. The first-order valence-electron chi connectivity index (χ1n) is 7.87. The van der Waals surface area contributed by atoms with Crippen LogP contribution in [0.25, 0.3) is 10.8 Å². The SMILES string of the molecule is CN(CC(=O)Nc1ccccc1Cl)C(=O)c1cc2ccccc2c(=O)[nH]1. The molecule has 3 rings (SSSR count). The van der Waals surface area contributed by atoms with Gasteiger partial charge in [-0.15, -0.1) is 0 Å². The number of fused-ring (bicyclic) bond motifs is 1. The third-order valence-corrected chi connectivity index (χ3v) is 4.19. The molecular formula is C19H16ClN3O3. The second kappa shape index (κ2) is 7.41. The summed E-state index contributed by atoms with van der Waals surface area (Å²) < 4.78 is 0. The Balaban J connectivity index is 1.74. The number of hydrogen-bond acceptors (Lipinski definition) is 3. The van der Waals surface area contributed by atoms with Crippen LogP contribution in [-0.4, -0.2) is 35.3 Å². The van der Waals surface area contributed by atoms with Crippen LogP contribution < -0.4 is 10.9 Å². The van der Waals surface area contributed by atoms with Crippen molar-refractivity contribution in [2.75, 3.05) is 18.9 Å². The number of nitrogens with zero attached hydrogens (tertiary/aromatic N) is 1. The topological polar surface area (TPSA) is 82.3 Å². The van der Waals surface area contributed by atoms with Crippen LogP contribution in [0.15, 0.2) is 59.4 Å². The van der Waals surface area contributed by atoms with E-state index in [-0.39, 0.29) is 17.8 Å². The zero-order valence-electron chi connectivity index (χ0n) is 14.0. The van der Waals surface area contributed by atoms with Crippen LogP contribution >= 0.6 is 11.6 Å². The number of amides is 2. The van der Waals surface area contributed by atoms with Crippen molar-refractivity contribution < 1.29 is 9.59 Å². The molecule has 2 N–H and O–H groups in total. The highest BCUT2D eigenvalue weighted by Crippen LogP contribution is 2.20. The Morgan fingerprint density at radius 3 is 2.58 bits per heavy atom. The maximum absolute atomic E-state index is 12.5. The monoisotopic (exact) mass is 369 g/mol. The predicted molar refractivity (Wildman–Crippen MR) is 102 cm³/mol. The van der Waals surface area contributed by atoms with Gasteiger partial charge in [0.15, 0.2) is 0 Å². The third kappa shape index (κ3) is 3.75. The lowest BCUT2D eigenvalue weighted by molar-refractivity contribution is -0.116. The number of nitrogens with one attached hydrogen (secondary N) is 2. The Morgan fingerprint density at radius 2 is 1.81 bits per heavy atom. The van der Waals surface area contributed by atoms with Gasteiger partial charge in [-0.25, -0.2) is 0 Å². The fraction of sp³-hybridized carbons (Fsp3) is 0.105. The van der Waals surface area contributed by atoms with Crippen molar-refractivity contribution in [1.82, 2.24) is 9.88 Å². The van der Waals surface area contributed by atoms with Crippen LogP contribution in [0.1, 0.15) is 10.5 Å². The standard InChI is InChI=1S/C19H16ClN3O3/c1-23(11-17(24)21-15-9-5-4-8-14(15)20)19(26)16-10-12-6-2-3-7-13(12)18(25)22-16/h2-10H,11H2,1H3,(H,21,24)(H,22,25). The fourth-order valence-electron chi connectivity index (χ4n) is 2.57. The molecular weight excluding hydrogens is 354 g/mol. The number of para-hydroxylation sites is 1. The van der Waals surface area contributed by atoms with Crippen molar-refractivity contribution in [2.45, 2.75) is 0 Å². The summed E-state index contributed by atoms with van der Waals surface area (Å²) in [6.45, 7) is -0.182. The summed E-state index contributed by atoms with van der Waals surface area (Å²) in [6.07, 6.45) is 0. The lowest BCUT2D eigenvalue weighted by atomic mass is 10.1. The molecule has 0 aliphatic carbocycles. The van der Waals surface area contributed by atoms with Crippen molar-refractivity contribution in [3.63, 3.8) is 0 Å².